The molecule has 1 amide bonds. The van der Waals surface area contributed by atoms with Crippen LogP contribution in [0.5, 0.6) is 0 Å². The van der Waals surface area contributed by atoms with Crippen LogP contribution < -0.4 is 11.5 Å². The molecule has 1 aromatic carbocycles. The van der Waals surface area contributed by atoms with Gasteiger partial charge in [-0.3, -0.25) is 4.79 Å². The Bertz CT molecular complexity index is 685. The van der Waals surface area contributed by atoms with Gasteiger partial charge in [0, 0.05) is 10.4 Å². The van der Waals surface area contributed by atoms with Gasteiger partial charge in [-0.05, 0) is 23.0 Å². The Morgan fingerprint density at radius 3 is 2.68 bits per heavy atom. The molecule has 0 saturated carbocycles. The molecule has 1 aliphatic carbocycles. The van der Waals surface area contributed by atoms with Crippen LogP contribution in [0.15, 0.2) is 24.3 Å². The van der Waals surface area contributed by atoms with Crippen LogP contribution in [0.3, 0.4) is 0 Å². The minimum Gasteiger partial charge on any atom is -0.390 e. The lowest BCUT2D eigenvalue weighted by atomic mass is 9.72. The Morgan fingerprint density at radius 1 is 1.32 bits per heavy atom. The summed E-state index contributed by atoms with van der Waals surface area (Å²) in [6.45, 7) is 4.43. The molecule has 2 aromatic rings. The van der Waals surface area contributed by atoms with Crippen molar-refractivity contribution in [1.82, 2.24) is 0 Å². The van der Waals surface area contributed by atoms with Gasteiger partial charge in [0.2, 0.25) is 0 Å². The summed E-state index contributed by atoms with van der Waals surface area (Å²) in [5, 5.41) is 0.532. The largest absolute Gasteiger partial charge is 0.390 e. The normalized spacial score (nSPS) is 15.7. The first-order valence-electron chi connectivity index (χ1n) is 6.22. The van der Waals surface area contributed by atoms with Crippen molar-refractivity contribution in [2.24, 2.45) is 5.73 Å². The molecule has 4 N–H and O–H groups in total. The fraction of sp³-hybridized carbons (Fsp3) is 0.267. The van der Waals surface area contributed by atoms with E-state index in [0.717, 1.165) is 22.4 Å². The summed E-state index contributed by atoms with van der Waals surface area (Å²) in [7, 11) is 0. The summed E-state index contributed by atoms with van der Waals surface area (Å²) in [6, 6.07) is 8.19. The molecule has 3 rings (SSSR count). The highest BCUT2D eigenvalue weighted by Crippen LogP contribution is 2.49. The zero-order chi connectivity index (χ0) is 13.8. The van der Waals surface area contributed by atoms with Crippen LogP contribution >= 0.6 is 11.3 Å². The molecular formula is C15H16N2OS. The van der Waals surface area contributed by atoms with Gasteiger partial charge in [-0.25, -0.2) is 0 Å². The molecule has 0 spiro atoms. The predicted octanol–water partition coefficient (Wildman–Crippen LogP) is 2.93. The number of hydrogen-bond acceptors (Lipinski definition) is 3. The number of carbonyl (C=O) groups excluding carboxylic acids is 1. The van der Waals surface area contributed by atoms with E-state index in [4.69, 9.17) is 11.5 Å². The summed E-state index contributed by atoms with van der Waals surface area (Å²) in [4.78, 5) is 12.8. The first-order chi connectivity index (χ1) is 8.92. The Balaban J connectivity index is 2.37. The quantitative estimate of drug-likeness (QED) is 0.838. The van der Waals surface area contributed by atoms with Gasteiger partial charge in [-0.15, -0.1) is 11.3 Å². The fourth-order valence-corrected chi connectivity index (χ4v) is 4.26. The van der Waals surface area contributed by atoms with E-state index in [9.17, 15) is 4.79 Å². The Hall–Kier alpha value is -1.81. The summed E-state index contributed by atoms with van der Waals surface area (Å²) in [5.41, 5.74) is 15.3. The van der Waals surface area contributed by atoms with Gasteiger partial charge in [-0.2, -0.15) is 0 Å². The molecule has 19 heavy (non-hydrogen) atoms. The van der Waals surface area contributed by atoms with Crippen LogP contribution in [0.4, 0.5) is 5.00 Å². The van der Waals surface area contributed by atoms with Crippen molar-refractivity contribution in [1.29, 1.82) is 0 Å². The second-order valence-corrected chi connectivity index (χ2v) is 6.75. The highest BCUT2D eigenvalue weighted by molar-refractivity contribution is 7.17. The summed E-state index contributed by atoms with van der Waals surface area (Å²) >= 11 is 1.49. The van der Waals surface area contributed by atoms with Gasteiger partial charge < -0.3 is 11.5 Å². The third kappa shape index (κ3) is 1.67. The van der Waals surface area contributed by atoms with E-state index in [1.165, 1.54) is 16.9 Å². The maximum absolute atomic E-state index is 11.7. The average Bonchev–Trinajstić information content (AvgIpc) is 2.64. The smallest absolute Gasteiger partial charge is 0.252 e. The molecule has 0 saturated heterocycles. The molecule has 98 valence electrons. The first kappa shape index (κ1) is 12.2. The van der Waals surface area contributed by atoms with Crippen LogP contribution in [0.2, 0.25) is 0 Å². The number of carbonyl (C=O) groups is 1. The first-order valence-corrected chi connectivity index (χ1v) is 7.04. The van der Waals surface area contributed by atoms with E-state index in [-0.39, 0.29) is 5.41 Å². The number of anilines is 1. The van der Waals surface area contributed by atoms with Crippen LogP contribution in [-0.4, -0.2) is 5.91 Å². The molecule has 0 aliphatic heterocycles. The maximum atomic E-state index is 11.7. The molecule has 0 fully saturated rings. The van der Waals surface area contributed by atoms with Gasteiger partial charge >= 0.3 is 0 Å². The number of primary amides is 1. The number of amides is 1. The zero-order valence-electron chi connectivity index (χ0n) is 11.0. The lowest BCUT2D eigenvalue weighted by Gasteiger charge is -2.32. The molecular weight excluding hydrogens is 256 g/mol. The zero-order valence-corrected chi connectivity index (χ0v) is 11.8. The summed E-state index contributed by atoms with van der Waals surface area (Å²) in [5.74, 6) is -0.440. The number of benzene rings is 1. The van der Waals surface area contributed by atoms with E-state index >= 15 is 0 Å². The SMILES string of the molecule is CC1(C)Cc2sc(N)c(C(N)=O)c2-c2ccccc21. The van der Waals surface area contributed by atoms with Crippen molar-refractivity contribution in [2.75, 3.05) is 5.73 Å². The van der Waals surface area contributed by atoms with E-state index < -0.39 is 5.91 Å². The van der Waals surface area contributed by atoms with Gasteiger partial charge in [0.25, 0.3) is 5.91 Å². The van der Waals surface area contributed by atoms with Crippen molar-refractivity contribution in [2.45, 2.75) is 25.7 Å². The van der Waals surface area contributed by atoms with Crippen LogP contribution in [0, 0.1) is 0 Å². The lowest BCUT2D eigenvalue weighted by molar-refractivity contribution is 0.100. The number of hydrogen-bond donors (Lipinski definition) is 2. The number of rotatable bonds is 1. The Kier molecular flexibility index (Phi) is 2.47. The molecule has 0 radical (unpaired) electrons. The molecule has 0 atom stereocenters. The fourth-order valence-electron chi connectivity index (χ4n) is 2.94. The number of nitrogen functional groups attached to an aromatic ring is 1. The standard InChI is InChI=1S/C15H16N2OS/c1-15(2)7-10-11(8-5-3-4-6-9(8)15)12(13(16)18)14(17)19-10/h3-6H,7,17H2,1-2H3,(H2,16,18). The lowest BCUT2D eigenvalue weighted by Crippen LogP contribution is -2.25. The second-order valence-electron chi connectivity index (χ2n) is 5.61. The highest BCUT2D eigenvalue weighted by Gasteiger charge is 2.35. The topological polar surface area (TPSA) is 69.1 Å². The average molecular weight is 272 g/mol. The molecule has 0 unspecified atom stereocenters. The van der Waals surface area contributed by atoms with E-state index in [2.05, 4.69) is 19.9 Å². The van der Waals surface area contributed by atoms with Crippen LogP contribution in [-0.2, 0) is 11.8 Å². The summed E-state index contributed by atoms with van der Waals surface area (Å²) in [6.07, 6.45) is 0.890. The summed E-state index contributed by atoms with van der Waals surface area (Å²) < 4.78 is 0. The highest BCUT2D eigenvalue weighted by atomic mass is 32.1. The van der Waals surface area contributed by atoms with Gasteiger partial charge in [0.05, 0.1) is 10.6 Å². The van der Waals surface area contributed by atoms with Crippen molar-refractivity contribution in [3.8, 4) is 11.1 Å². The van der Waals surface area contributed by atoms with Gasteiger partial charge in [-0.1, -0.05) is 38.1 Å². The van der Waals surface area contributed by atoms with Crippen molar-refractivity contribution in [3.63, 3.8) is 0 Å². The van der Waals surface area contributed by atoms with Crippen molar-refractivity contribution < 1.29 is 4.79 Å². The monoisotopic (exact) mass is 272 g/mol. The molecule has 1 aromatic heterocycles. The molecule has 1 heterocycles. The molecule has 1 aliphatic rings. The Morgan fingerprint density at radius 2 is 2.00 bits per heavy atom. The van der Waals surface area contributed by atoms with E-state index in [0.29, 0.717) is 10.6 Å². The Labute approximate surface area is 116 Å². The number of nitrogens with two attached hydrogens (primary N) is 2. The molecule has 0 bridgehead atoms. The minimum atomic E-state index is -0.440. The van der Waals surface area contributed by atoms with E-state index in [1.54, 1.807) is 0 Å². The molecule has 3 nitrogen and oxygen atoms in total. The number of fused-ring (bicyclic) bond motifs is 3. The third-order valence-corrected chi connectivity index (χ3v) is 4.80. The van der Waals surface area contributed by atoms with Crippen molar-refractivity contribution >= 4 is 22.2 Å². The van der Waals surface area contributed by atoms with E-state index in [1.807, 2.05) is 18.2 Å². The minimum absolute atomic E-state index is 0.0514. The maximum Gasteiger partial charge on any atom is 0.252 e. The van der Waals surface area contributed by atoms with Gasteiger partial charge in [0.1, 0.15) is 0 Å². The van der Waals surface area contributed by atoms with Crippen LogP contribution in [0.25, 0.3) is 11.1 Å². The predicted molar refractivity (Wildman–Crippen MR) is 79.4 cm³/mol. The van der Waals surface area contributed by atoms with Crippen LogP contribution in [0.1, 0.15) is 34.6 Å². The molecule has 4 heteroatoms. The second kappa shape index (κ2) is 3.84. The van der Waals surface area contributed by atoms with Crippen molar-refractivity contribution in [3.05, 3.63) is 40.3 Å². The number of thiophene rings is 1. The third-order valence-electron chi connectivity index (χ3n) is 3.78. The van der Waals surface area contributed by atoms with Gasteiger partial charge in [0.15, 0.2) is 0 Å².